The Hall–Kier alpha value is -2.51. The second-order valence-corrected chi connectivity index (χ2v) is 6.29. The Labute approximate surface area is 142 Å². The van der Waals surface area contributed by atoms with Gasteiger partial charge >= 0.3 is 6.03 Å². The number of nitrogens with zero attached hydrogens (tertiary/aromatic N) is 1. The number of hydrogen-bond acceptors (Lipinski definition) is 4. The number of aliphatic hydroxyl groups excluding tert-OH is 1. The number of amides is 2. The lowest BCUT2D eigenvalue weighted by Crippen LogP contribution is -2.37. The molecule has 1 heterocycles. The largest absolute Gasteiger partial charge is 0.386 e. The van der Waals surface area contributed by atoms with Crippen LogP contribution in [-0.4, -0.2) is 22.7 Å². The van der Waals surface area contributed by atoms with E-state index in [4.69, 9.17) is 0 Å². The molecule has 24 heavy (non-hydrogen) atoms. The van der Waals surface area contributed by atoms with Gasteiger partial charge in [0.1, 0.15) is 10.8 Å². The smallest absolute Gasteiger partial charge is 0.315 e. The molecule has 2 aromatic carbocycles. The highest BCUT2D eigenvalue weighted by Gasteiger charge is 2.13. The number of nitrogens with one attached hydrogen (secondary N) is 2. The van der Waals surface area contributed by atoms with Gasteiger partial charge in [-0.05, 0) is 18.2 Å². The molecule has 3 N–H and O–H groups in total. The van der Waals surface area contributed by atoms with Gasteiger partial charge in [-0.1, -0.05) is 30.3 Å². The van der Waals surface area contributed by atoms with Gasteiger partial charge < -0.3 is 15.7 Å². The van der Waals surface area contributed by atoms with Crippen LogP contribution in [0.5, 0.6) is 0 Å². The van der Waals surface area contributed by atoms with Crippen molar-refractivity contribution in [1.29, 1.82) is 0 Å². The van der Waals surface area contributed by atoms with Crippen molar-refractivity contribution in [2.75, 3.05) is 6.54 Å². The molecule has 3 rings (SSSR count). The van der Waals surface area contributed by atoms with Crippen molar-refractivity contribution in [3.05, 3.63) is 64.9 Å². The summed E-state index contributed by atoms with van der Waals surface area (Å²) in [5.74, 6) is -0.498. The first-order chi connectivity index (χ1) is 11.6. The normalized spacial score (nSPS) is 12.1. The highest BCUT2D eigenvalue weighted by atomic mass is 32.1. The van der Waals surface area contributed by atoms with Crippen molar-refractivity contribution in [1.82, 2.24) is 15.6 Å². The van der Waals surface area contributed by atoms with E-state index >= 15 is 0 Å². The Balaban J connectivity index is 1.50. The van der Waals surface area contributed by atoms with E-state index in [0.717, 1.165) is 15.2 Å². The third-order valence-electron chi connectivity index (χ3n) is 3.46. The fourth-order valence-electron chi connectivity index (χ4n) is 2.26. The zero-order valence-corrected chi connectivity index (χ0v) is 13.5. The first-order valence-corrected chi connectivity index (χ1v) is 8.24. The van der Waals surface area contributed by atoms with E-state index in [2.05, 4.69) is 15.6 Å². The van der Waals surface area contributed by atoms with Crippen LogP contribution < -0.4 is 10.6 Å². The third kappa shape index (κ3) is 3.87. The van der Waals surface area contributed by atoms with Crippen molar-refractivity contribution in [2.24, 2.45) is 0 Å². The molecule has 0 aliphatic heterocycles. The summed E-state index contributed by atoms with van der Waals surface area (Å²) in [5.41, 5.74) is 1.05. The van der Waals surface area contributed by atoms with Crippen LogP contribution in [0.3, 0.4) is 0 Å². The molecule has 0 bridgehead atoms. The van der Waals surface area contributed by atoms with Gasteiger partial charge in [0.15, 0.2) is 0 Å². The molecule has 3 aromatic rings. The summed E-state index contributed by atoms with van der Waals surface area (Å²) in [7, 11) is 0. The molecule has 0 aliphatic rings. The molecule has 0 fully saturated rings. The predicted octanol–water partition coefficient (Wildman–Crippen LogP) is 2.97. The number of thiazole rings is 1. The number of carbonyl (C=O) groups is 1. The van der Waals surface area contributed by atoms with E-state index < -0.39 is 18.0 Å². The van der Waals surface area contributed by atoms with Crippen molar-refractivity contribution >= 4 is 27.6 Å². The van der Waals surface area contributed by atoms with Crippen LogP contribution in [0.2, 0.25) is 0 Å². The average Bonchev–Trinajstić information content (AvgIpc) is 3.01. The second kappa shape index (κ2) is 7.37. The zero-order valence-electron chi connectivity index (χ0n) is 12.7. The molecular formula is C17H16FN3O2S. The van der Waals surface area contributed by atoms with Gasteiger partial charge in [-0.2, -0.15) is 0 Å². The number of halogens is 1. The molecule has 1 aromatic heterocycles. The van der Waals surface area contributed by atoms with Crippen molar-refractivity contribution < 1.29 is 14.3 Å². The van der Waals surface area contributed by atoms with Gasteiger partial charge in [0.2, 0.25) is 0 Å². The molecule has 7 heteroatoms. The van der Waals surface area contributed by atoms with Crippen molar-refractivity contribution in [3.63, 3.8) is 0 Å². The van der Waals surface area contributed by atoms with Gasteiger partial charge in [-0.3, -0.25) is 0 Å². The first kappa shape index (κ1) is 16.4. The summed E-state index contributed by atoms with van der Waals surface area (Å²) in [5, 5.41) is 15.9. The molecule has 124 valence electrons. The number of aliphatic hydroxyl groups is 1. The maximum atomic E-state index is 13.5. The highest BCUT2D eigenvalue weighted by molar-refractivity contribution is 7.18. The molecule has 0 spiro atoms. The molecular weight excluding hydrogens is 329 g/mol. The van der Waals surface area contributed by atoms with Crippen LogP contribution in [0.15, 0.2) is 48.5 Å². The molecule has 2 amide bonds. The van der Waals surface area contributed by atoms with Gasteiger partial charge in [0, 0.05) is 12.1 Å². The quantitative estimate of drug-likeness (QED) is 0.665. The lowest BCUT2D eigenvalue weighted by molar-refractivity contribution is 0.169. The van der Waals surface area contributed by atoms with Crippen LogP contribution in [0.1, 0.15) is 16.7 Å². The summed E-state index contributed by atoms with van der Waals surface area (Å²) in [6.07, 6.45) is -1.10. The topological polar surface area (TPSA) is 74.2 Å². The predicted molar refractivity (Wildman–Crippen MR) is 91.2 cm³/mol. The Morgan fingerprint density at radius 1 is 1.17 bits per heavy atom. The molecule has 1 unspecified atom stereocenters. The standard InChI is InChI=1S/C17H16FN3O2S/c18-12-6-2-1-5-11(12)14(22)9-19-17(23)20-10-16-21-13-7-3-4-8-15(13)24-16/h1-8,14,22H,9-10H2,(H2,19,20,23). The fraction of sp³-hybridized carbons (Fsp3) is 0.176. The lowest BCUT2D eigenvalue weighted by atomic mass is 10.1. The van der Waals surface area contributed by atoms with Crippen LogP contribution in [0.4, 0.5) is 9.18 Å². The van der Waals surface area contributed by atoms with E-state index in [1.165, 1.54) is 23.5 Å². The van der Waals surface area contributed by atoms with Crippen LogP contribution in [0, 0.1) is 5.82 Å². The number of hydrogen-bond donors (Lipinski definition) is 3. The summed E-state index contributed by atoms with van der Waals surface area (Å²) in [4.78, 5) is 16.2. The number of fused-ring (bicyclic) bond motifs is 1. The Morgan fingerprint density at radius 2 is 1.92 bits per heavy atom. The fourth-order valence-corrected chi connectivity index (χ4v) is 3.17. The number of urea groups is 1. The number of rotatable bonds is 5. The maximum Gasteiger partial charge on any atom is 0.315 e. The van der Waals surface area contributed by atoms with E-state index in [1.54, 1.807) is 12.1 Å². The summed E-state index contributed by atoms with van der Waals surface area (Å²) in [6, 6.07) is 13.2. The number of para-hydroxylation sites is 1. The van der Waals surface area contributed by atoms with E-state index in [1.807, 2.05) is 24.3 Å². The summed E-state index contributed by atoms with van der Waals surface area (Å²) >= 11 is 1.51. The minimum atomic E-state index is -1.10. The zero-order chi connectivity index (χ0) is 16.9. The molecule has 0 radical (unpaired) electrons. The second-order valence-electron chi connectivity index (χ2n) is 5.18. The van der Waals surface area contributed by atoms with Crippen LogP contribution in [0.25, 0.3) is 10.2 Å². The van der Waals surface area contributed by atoms with Gasteiger partial charge in [-0.25, -0.2) is 14.2 Å². The van der Waals surface area contributed by atoms with Crippen molar-refractivity contribution in [2.45, 2.75) is 12.6 Å². The Bertz CT molecular complexity index is 819. The first-order valence-electron chi connectivity index (χ1n) is 7.42. The highest BCUT2D eigenvalue weighted by Crippen LogP contribution is 2.21. The van der Waals surface area contributed by atoms with Crippen LogP contribution >= 0.6 is 11.3 Å². The molecule has 0 aliphatic carbocycles. The van der Waals surface area contributed by atoms with Gasteiger partial charge in [0.25, 0.3) is 0 Å². The molecule has 5 nitrogen and oxygen atoms in total. The van der Waals surface area contributed by atoms with E-state index in [-0.39, 0.29) is 12.1 Å². The molecule has 1 atom stereocenters. The minimum Gasteiger partial charge on any atom is -0.386 e. The summed E-state index contributed by atoms with van der Waals surface area (Å²) in [6.45, 7) is 0.216. The number of aromatic nitrogens is 1. The SMILES string of the molecule is O=C(NCc1nc2ccccc2s1)NCC(O)c1ccccc1F. The van der Waals surface area contributed by atoms with Gasteiger partial charge in [-0.15, -0.1) is 11.3 Å². The number of carbonyl (C=O) groups excluding carboxylic acids is 1. The summed E-state index contributed by atoms with van der Waals surface area (Å²) < 4.78 is 14.6. The van der Waals surface area contributed by atoms with Gasteiger partial charge in [0.05, 0.1) is 22.9 Å². The minimum absolute atomic E-state index is 0.0768. The van der Waals surface area contributed by atoms with Crippen molar-refractivity contribution in [3.8, 4) is 0 Å². The Kier molecular flexibility index (Phi) is 5.02. The Morgan fingerprint density at radius 3 is 2.71 bits per heavy atom. The monoisotopic (exact) mass is 345 g/mol. The lowest BCUT2D eigenvalue weighted by Gasteiger charge is -2.13. The average molecular weight is 345 g/mol. The number of benzene rings is 2. The third-order valence-corrected chi connectivity index (χ3v) is 4.49. The van der Waals surface area contributed by atoms with E-state index in [0.29, 0.717) is 6.54 Å². The molecule has 0 saturated heterocycles. The van der Waals surface area contributed by atoms with Crippen LogP contribution in [-0.2, 0) is 6.54 Å². The van der Waals surface area contributed by atoms with E-state index in [9.17, 15) is 14.3 Å². The maximum absolute atomic E-state index is 13.5. The molecule has 0 saturated carbocycles.